The summed E-state index contributed by atoms with van der Waals surface area (Å²) in [5, 5.41) is 0. The van der Waals surface area contributed by atoms with Crippen LogP contribution in [0.25, 0.3) is 0 Å². The van der Waals surface area contributed by atoms with Crippen molar-refractivity contribution in [1.82, 2.24) is 0 Å². The van der Waals surface area contributed by atoms with Crippen LogP contribution in [-0.4, -0.2) is 19.4 Å². The average molecular weight is 241 g/mol. The number of carbonyl (C=O) groups excluding carboxylic acids is 2. The summed E-state index contributed by atoms with van der Waals surface area (Å²) in [7, 11) is 1.33. The van der Waals surface area contributed by atoms with Crippen molar-refractivity contribution in [2.45, 2.75) is 18.7 Å². The molecule has 0 atom stereocenters. The maximum absolute atomic E-state index is 11.5. The molecule has 1 rings (SSSR count). The van der Waals surface area contributed by atoms with E-state index in [9.17, 15) is 9.59 Å². The third kappa shape index (κ3) is 2.83. The predicted molar refractivity (Wildman–Crippen MR) is 61.7 cm³/mol. The van der Waals surface area contributed by atoms with Gasteiger partial charge in [0.25, 0.3) is 0 Å². The van der Waals surface area contributed by atoms with Crippen molar-refractivity contribution in [3.63, 3.8) is 0 Å². The molecule has 1 aromatic rings. The van der Waals surface area contributed by atoms with Gasteiger partial charge in [-0.1, -0.05) is 12.1 Å². The minimum Gasteiger partial charge on any atom is -0.465 e. The molecule has 4 heteroatoms. The third-order valence-corrected chi connectivity index (χ3v) is 2.62. The van der Waals surface area contributed by atoms with E-state index in [1.807, 2.05) is 6.07 Å². The van der Waals surface area contributed by atoms with Crippen LogP contribution in [0.2, 0.25) is 0 Å². The molecule has 0 saturated heterocycles. The molecule has 0 saturated carbocycles. The van der Waals surface area contributed by atoms with Gasteiger partial charge in [0.15, 0.2) is 0 Å². The van der Waals surface area contributed by atoms with E-state index < -0.39 is 5.97 Å². The van der Waals surface area contributed by atoms with Gasteiger partial charge in [0.1, 0.15) is 6.29 Å². The number of carbonyl (C=O) groups is 2. The largest absolute Gasteiger partial charge is 0.465 e. The fraction of sp³-hybridized carbons (Fsp3) is 0.333. The van der Waals surface area contributed by atoms with Gasteiger partial charge in [-0.05, 0) is 23.6 Å². The van der Waals surface area contributed by atoms with Crippen LogP contribution in [0.5, 0.6) is 0 Å². The molecule has 1 aromatic carbocycles. The summed E-state index contributed by atoms with van der Waals surface area (Å²) in [6.45, 7) is 0. The average Bonchev–Trinajstić information content (AvgIpc) is 2.34. The monoisotopic (exact) mass is 240 g/mol. The summed E-state index contributed by atoms with van der Waals surface area (Å²) >= 11 is 5.79. The van der Waals surface area contributed by atoms with Crippen LogP contribution in [0, 0.1) is 0 Å². The molecule has 16 heavy (non-hydrogen) atoms. The summed E-state index contributed by atoms with van der Waals surface area (Å²) in [6.07, 6.45) is 1.71. The lowest BCUT2D eigenvalue weighted by Crippen LogP contribution is -2.08. The van der Waals surface area contributed by atoms with Gasteiger partial charge < -0.3 is 9.53 Å². The lowest BCUT2D eigenvalue weighted by atomic mass is 9.98. The first-order valence-electron chi connectivity index (χ1n) is 4.93. The van der Waals surface area contributed by atoms with Crippen LogP contribution in [-0.2, 0) is 21.8 Å². The maximum atomic E-state index is 11.5. The van der Waals surface area contributed by atoms with Crippen molar-refractivity contribution in [3.05, 3.63) is 34.9 Å². The molecule has 0 amide bonds. The number of methoxy groups -OCH3 is 1. The topological polar surface area (TPSA) is 43.4 Å². The Bertz CT molecular complexity index is 388. The lowest BCUT2D eigenvalue weighted by Gasteiger charge is -2.10. The van der Waals surface area contributed by atoms with Crippen molar-refractivity contribution in [2.24, 2.45) is 0 Å². The van der Waals surface area contributed by atoms with E-state index in [4.69, 9.17) is 11.6 Å². The summed E-state index contributed by atoms with van der Waals surface area (Å²) in [5.41, 5.74) is 2.16. The van der Waals surface area contributed by atoms with Gasteiger partial charge in [0.05, 0.1) is 12.7 Å². The summed E-state index contributed by atoms with van der Waals surface area (Å²) in [4.78, 5) is 21.9. The van der Waals surface area contributed by atoms with Gasteiger partial charge in [0, 0.05) is 12.3 Å². The molecule has 3 nitrogen and oxygen atoms in total. The van der Waals surface area contributed by atoms with Gasteiger partial charge in [-0.25, -0.2) is 4.79 Å². The second-order valence-corrected chi connectivity index (χ2v) is 3.54. The minimum atomic E-state index is -0.395. The number of halogens is 1. The fourth-order valence-corrected chi connectivity index (χ4v) is 1.81. The van der Waals surface area contributed by atoms with Crippen LogP contribution in [0.1, 0.15) is 27.9 Å². The number of hydrogen-bond donors (Lipinski definition) is 0. The second kappa shape index (κ2) is 6.28. The van der Waals surface area contributed by atoms with Crippen molar-refractivity contribution in [3.8, 4) is 0 Å². The Hall–Kier alpha value is -1.35. The normalized spacial score (nSPS) is 9.88. The lowest BCUT2D eigenvalue weighted by molar-refractivity contribution is -0.107. The van der Waals surface area contributed by atoms with Crippen LogP contribution < -0.4 is 0 Å². The Balaban J connectivity index is 3.14. The van der Waals surface area contributed by atoms with Crippen molar-refractivity contribution in [1.29, 1.82) is 0 Å². The highest BCUT2D eigenvalue weighted by molar-refractivity contribution is 6.17. The van der Waals surface area contributed by atoms with Crippen LogP contribution in [0.15, 0.2) is 18.2 Å². The zero-order valence-corrected chi connectivity index (χ0v) is 9.79. The molecule has 0 aromatic heterocycles. The first-order valence-corrected chi connectivity index (χ1v) is 5.46. The number of aldehydes is 1. The van der Waals surface area contributed by atoms with E-state index in [2.05, 4.69) is 4.74 Å². The molecule has 86 valence electrons. The smallest absolute Gasteiger partial charge is 0.338 e. The number of rotatable bonds is 5. The van der Waals surface area contributed by atoms with Gasteiger partial charge in [0.2, 0.25) is 0 Å². The molecule has 0 aliphatic heterocycles. The Morgan fingerprint density at radius 3 is 2.81 bits per heavy atom. The van der Waals surface area contributed by atoms with Crippen LogP contribution >= 0.6 is 11.6 Å². The second-order valence-electron chi connectivity index (χ2n) is 3.27. The van der Waals surface area contributed by atoms with Crippen molar-refractivity contribution < 1.29 is 14.3 Å². The molecule has 0 N–H and O–H groups in total. The Kier molecular flexibility index (Phi) is 4.99. The zero-order valence-electron chi connectivity index (χ0n) is 9.03. The summed E-state index contributed by atoms with van der Waals surface area (Å²) in [5.74, 6) is -0.0770. The van der Waals surface area contributed by atoms with Gasteiger partial charge in [-0.2, -0.15) is 0 Å². The summed E-state index contributed by atoms with van der Waals surface area (Å²) in [6, 6.07) is 5.29. The van der Waals surface area contributed by atoms with Crippen LogP contribution in [0.3, 0.4) is 0 Å². The first kappa shape index (κ1) is 12.7. The van der Waals surface area contributed by atoms with E-state index in [-0.39, 0.29) is 0 Å². The highest BCUT2D eigenvalue weighted by atomic mass is 35.5. The number of hydrogen-bond acceptors (Lipinski definition) is 3. The highest BCUT2D eigenvalue weighted by Gasteiger charge is 2.14. The molecule has 0 unspecified atom stereocenters. The molecule has 0 aliphatic carbocycles. The van der Waals surface area contributed by atoms with Crippen molar-refractivity contribution >= 4 is 23.9 Å². The van der Waals surface area contributed by atoms with E-state index >= 15 is 0 Å². The SMILES string of the molecule is COC(=O)c1cccc(CCl)c1CCC=O. The minimum absolute atomic E-state index is 0.318. The van der Waals surface area contributed by atoms with Crippen molar-refractivity contribution in [2.75, 3.05) is 7.11 Å². The van der Waals surface area contributed by atoms with Crippen LogP contribution in [0.4, 0.5) is 0 Å². The fourth-order valence-electron chi connectivity index (χ4n) is 1.56. The molecule has 0 radical (unpaired) electrons. The molecular weight excluding hydrogens is 228 g/mol. The Morgan fingerprint density at radius 1 is 1.50 bits per heavy atom. The van der Waals surface area contributed by atoms with E-state index in [0.717, 1.165) is 17.4 Å². The standard InChI is InChI=1S/C12H13ClO3/c1-16-12(15)11-5-2-4-9(8-13)10(11)6-3-7-14/h2,4-5,7H,3,6,8H2,1H3. The third-order valence-electron chi connectivity index (χ3n) is 2.33. The van der Waals surface area contributed by atoms with Gasteiger partial charge in [-0.3, -0.25) is 0 Å². The van der Waals surface area contributed by atoms with E-state index in [1.165, 1.54) is 7.11 Å². The van der Waals surface area contributed by atoms with E-state index in [1.54, 1.807) is 12.1 Å². The molecule has 0 fully saturated rings. The number of esters is 1. The number of ether oxygens (including phenoxy) is 1. The maximum Gasteiger partial charge on any atom is 0.338 e. The molecule has 0 bridgehead atoms. The molecule has 0 aliphatic rings. The first-order chi connectivity index (χ1) is 7.74. The van der Waals surface area contributed by atoms with Gasteiger partial charge >= 0.3 is 5.97 Å². The quantitative estimate of drug-likeness (QED) is 0.451. The predicted octanol–water partition coefficient (Wildman–Crippen LogP) is 2.34. The zero-order chi connectivity index (χ0) is 12.0. The molecular formula is C12H13ClO3. The highest BCUT2D eigenvalue weighted by Crippen LogP contribution is 2.19. The molecule has 0 spiro atoms. The van der Waals surface area contributed by atoms with E-state index in [0.29, 0.717) is 24.3 Å². The number of alkyl halides is 1. The molecule has 0 heterocycles. The van der Waals surface area contributed by atoms with Gasteiger partial charge in [-0.15, -0.1) is 11.6 Å². The Labute approximate surface area is 99.4 Å². The summed E-state index contributed by atoms with van der Waals surface area (Å²) < 4.78 is 4.69. The Morgan fingerprint density at radius 2 is 2.25 bits per heavy atom. The number of benzene rings is 1.